The zero-order valence-corrected chi connectivity index (χ0v) is 15.5. The summed E-state index contributed by atoms with van der Waals surface area (Å²) in [5.74, 6) is 0. The van der Waals surface area contributed by atoms with E-state index in [0.717, 1.165) is 32.1 Å². The maximum Gasteiger partial charge on any atom is 0.501 e. The molecule has 1 atom stereocenters. The normalized spacial score (nSPS) is 13.0. The zero-order chi connectivity index (χ0) is 17.0. The van der Waals surface area contributed by atoms with Crippen molar-refractivity contribution >= 4 is 8.80 Å². The lowest BCUT2D eigenvalue weighted by Crippen LogP contribution is -2.50. The molecule has 0 bridgehead atoms. The van der Waals surface area contributed by atoms with Crippen LogP contribution in [0.25, 0.3) is 0 Å². The Morgan fingerprint density at radius 1 is 1.17 bits per heavy atom. The highest BCUT2D eigenvalue weighted by molar-refractivity contribution is 6.60. The lowest BCUT2D eigenvalue weighted by Gasteiger charge is -2.30. The van der Waals surface area contributed by atoms with Crippen molar-refractivity contribution in [2.75, 3.05) is 27.3 Å². The Morgan fingerprint density at radius 3 is 2.43 bits per heavy atom. The van der Waals surface area contributed by atoms with E-state index in [-0.39, 0.29) is 6.23 Å². The molecule has 0 aliphatic rings. The van der Waals surface area contributed by atoms with Crippen LogP contribution in [0.5, 0.6) is 0 Å². The number of nitrogens with one attached hydrogen (secondary N) is 2. The van der Waals surface area contributed by atoms with Gasteiger partial charge in [-0.05, 0) is 11.6 Å². The molecule has 130 valence electrons. The van der Waals surface area contributed by atoms with Crippen LogP contribution in [0.15, 0.2) is 43.0 Å². The van der Waals surface area contributed by atoms with Crippen molar-refractivity contribution in [3.63, 3.8) is 0 Å². The number of benzene rings is 1. The molecule has 1 aromatic rings. The van der Waals surface area contributed by atoms with Crippen molar-refractivity contribution < 1.29 is 13.3 Å². The Balaban J connectivity index is 2.31. The lowest BCUT2D eigenvalue weighted by atomic mass is 10.2. The van der Waals surface area contributed by atoms with Crippen molar-refractivity contribution in [1.29, 1.82) is 0 Å². The molecule has 2 N–H and O–H groups in total. The standard InChI is InChI=1S/C17H30N2O3Si/c1-5-14-23(20-3,21-4)22-17(6-2)19-13-12-18-15-16-10-8-7-9-11-16/h6-11,17-19H,2,5,12-15H2,1,3-4H3. The summed E-state index contributed by atoms with van der Waals surface area (Å²) >= 11 is 0. The van der Waals surface area contributed by atoms with Gasteiger partial charge >= 0.3 is 8.80 Å². The van der Waals surface area contributed by atoms with Gasteiger partial charge in [-0.3, -0.25) is 5.32 Å². The minimum atomic E-state index is -2.60. The molecular weight excluding hydrogens is 308 g/mol. The topological polar surface area (TPSA) is 51.8 Å². The first-order chi connectivity index (χ1) is 11.2. The maximum atomic E-state index is 6.03. The minimum Gasteiger partial charge on any atom is -0.377 e. The molecule has 6 heteroatoms. The summed E-state index contributed by atoms with van der Waals surface area (Å²) < 4.78 is 17.1. The van der Waals surface area contributed by atoms with Gasteiger partial charge in [-0.2, -0.15) is 0 Å². The second-order valence-corrected chi connectivity index (χ2v) is 8.15. The SMILES string of the molecule is C=CC(NCCNCc1ccccc1)O[Si](CCC)(OC)OC. The highest BCUT2D eigenvalue weighted by Crippen LogP contribution is 2.17. The third-order valence-corrected chi connectivity index (χ3v) is 6.49. The average Bonchev–Trinajstić information content (AvgIpc) is 2.60. The predicted octanol–water partition coefficient (Wildman–Crippen LogP) is 2.54. The fourth-order valence-electron chi connectivity index (χ4n) is 2.25. The summed E-state index contributed by atoms with van der Waals surface area (Å²) in [6.45, 7) is 8.38. The molecule has 0 aliphatic heterocycles. The summed E-state index contributed by atoms with van der Waals surface area (Å²) in [6.07, 6.45) is 2.43. The van der Waals surface area contributed by atoms with Gasteiger partial charge < -0.3 is 18.6 Å². The van der Waals surface area contributed by atoms with E-state index in [0.29, 0.717) is 0 Å². The Bertz CT molecular complexity index is 427. The highest BCUT2D eigenvalue weighted by Gasteiger charge is 2.39. The maximum absolute atomic E-state index is 6.03. The molecule has 0 saturated heterocycles. The molecule has 0 amide bonds. The van der Waals surface area contributed by atoms with Crippen molar-refractivity contribution in [3.8, 4) is 0 Å². The minimum absolute atomic E-state index is 0.272. The molecule has 5 nitrogen and oxygen atoms in total. The summed E-state index contributed by atoms with van der Waals surface area (Å²) in [5, 5.41) is 6.70. The zero-order valence-electron chi connectivity index (χ0n) is 14.5. The molecule has 1 rings (SSSR count). The molecule has 0 fully saturated rings. The smallest absolute Gasteiger partial charge is 0.377 e. The van der Waals surface area contributed by atoms with Gasteiger partial charge in [-0.25, -0.2) is 0 Å². The largest absolute Gasteiger partial charge is 0.501 e. The van der Waals surface area contributed by atoms with E-state index < -0.39 is 8.80 Å². The molecule has 0 aliphatic carbocycles. The van der Waals surface area contributed by atoms with Crippen molar-refractivity contribution in [2.45, 2.75) is 32.2 Å². The van der Waals surface area contributed by atoms with Crippen molar-refractivity contribution in [3.05, 3.63) is 48.6 Å². The molecule has 0 heterocycles. The first-order valence-electron chi connectivity index (χ1n) is 8.08. The predicted molar refractivity (Wildman–Crippen MR) is 96.1 cm³/mol. The third kappa shape index (κ3) is 7.39. The average molecular weight is 339 g/mol. The second-order valence-electron chi connectivity index (χ2n) is 5.23. The molecule has 1 aromatic carbocycles. The van der Waals surface area contributed by atoms with E-state index in [9.17, 15) is 0 Å². The monoisotopic (exact) mass is 338 g/mol. The van der Waals surface area contributed by atoms with Crippen LogP contribution in [0, 0.1) is 0 Å². The Labute approximate surface area is 141 Å². The first-order valence-corrected chi connectivity index (χ1v) is 10.0. The molecule has 1 unspecified atom stereocenters. The number of rotatable bonds is 13. The van der Waals surface area contributed by atoms with Crippen LogP contribution in [-0.4, -0.2) is 42.3 Å². The van der Waals surface area contributed by atoms with Crippen LogP contribution in [0.4, 0.5) is 0 Å². The van der Waals surface area contributed by atoms with Crippen LogP contribution in [-0.2, 0) is 19.8 Å². The van der Waals surface area contributed by atoms with E-state index >= 15 is 0 Å². The first kappa shape index (κ1) is 20.0. The molecule has 0 spiro atoms. The summed E-state index contributed by atoms with van der Waals surface area (Å²) in [5.41, 5.74) is 1.28. The van der Waals surface area contributed by atoms with Gasteiger partial charge in [-0.15, -0.1) is 0 Å². The number of hydrogen-bond acceptors (Lipinski definition) is 5. The molecule has 0 aromatic heterocycles. The summed E-state index contributed by atoms with van der Waals surface area (Å²) in [4.78, 5) is 0. The molecule has 0 radical (unpaired) electrons. The third-order valence-electron chi connectivity index (χ3n) is 3.52. The summed E-state index contributed by atoms with van der Waals surface area (Å²) in [7, 11) is 0.689. The van der Waals surface area contributed by atoms with Crippen LogP contribution in [0.3, 0.4) is 0 Å². The van der Waals surface area contributed by atoms with Gasteiger partial charge in [0.25, 0.3) is 0 Å². The van der Waals surface area contributed by atoms with Gasteiger partial charge in [0.1, 0.15) is 6.23 Å². The van der Waals surface area contributed by atoms with Gasteiger partial charge in [0.2, 0.25) is 0 Å². The quantitative estimate of drug-likeness (QED) is 0.250. The van der Waals surface area contributed by atoms with Gasteiger partial charge in [0.05, 0.1) is 0 Å². The highest BCUT2D eigenvalue weighted by atomic mass is 28.4. The fraction of sp³-hybridized carbons (Fsp3) is 0.529. The van der Waals surface area contributed by atoms with Crippen LogP contribution >= 0.6 is 0 Å². The van der Waals surface area contributed by atoms with Crippen LogP contribution < -0.4 is 10.6 Å². The molecule has 0 saturated carbocycles. The second kappa shape index (κ2) is 11.5. The van der Waals surface area contributed by atoms with Gasteiger partial charge in [0, 0.05) is 39.9 Å². The van der Waals surface area contributed by atoms with E-state index in [2.05, 4.69) is 36.3 Å². The van der Waals surface area contributed by atoms with Crippen molar-refractivity contribution in [2.24, 2.45) is 0 Å². The Hall–Kier alpha value is -1.02. The van der Waals surface area contributed by atoms with Crippen LogP contribution in [0.2, 0.25) is 6.04 Å². The van der Waals surface area contributed by atoms with Gasteiger partial charge in [0.15, 0.2) is 0 Å². The Morgan fingerprint density at radius 2 is 1.87 bits per heavy atom. The lowest BCUT2D eigenvalue weighted by molar-refractivity contribution is 0.0606. The van der Waals surface area contributed by atoms with E-state index in [1.54, 1.807) is 20.3 Å². The molecule has 23 heavy (non-hydrogen) atoms. The number of hydrogen-bond donors (Lipinski definition) is 2. The molecular formula is C17H30N2O3Si. The van der Waals surface area contributed by atoms with E-state index in [4.69, 9.17) is 13.3 Å². The fourth-order valence-corrected chi connectivity index (χ4v) is 4.31. The summed E-state index contributed by atoms with van der Waals surface area (Å²) in [6, 6.07) is 11.1. The van der Waals surface area contributed by atoms with E-state index in [1.165, 1.54) is 5.56 Å². The van der Waals surface area contributed by atoms with Crippen molar-refractivity contribution in [1.82, 2.24) is 10.6 Å². The van der Waals surface area contributed by atoms with Gasteiger partial charge in [-0.1, -0.05) is 50.3 Å². The van der Waals surface area contributed by atoms with E-state index in [1.807, 2.05) is 18.2 Å². The van der Waals surface area contributed by atoms with Crippen LogP contribution in [0.1, 0.15) is 18.9 Å². The Kier molecular flexibility index (Phi) is 10.0.